The van der Waals surface area contributed by atoms with Crippen molar-refractivity contribution in [3.63, 3.8) is 0 Å². The summed E-state index contributed by atoms with van der Waals surface area (Å²) in [4.78, 5) is 0. The first-order valence-corrected chi connectivity index (χ1v) is 5.40. The zero-order valence-electron chi connectivity index (χ0n) is 8.78. The molecule has 1 aromatic carbocycles. The van der Waals surface area contributed by atoms with Gasteiger partial charge in [0.05, 0.1) is 13.0 Å². The van der Waals surface area contributed by atoms with Gasteiger partial charge in [-0.15, -0.1) is 11.6 Å². The van der Waals surface area contributed by atoms with Crippen LogP contribution in [0.15, 0.2) is 12.1 Å². The van der Waals surface area contributed by atoms with Crippen molar-refractivity contribution in [3.8, 4) is 11.5 Å². The van der Waals surface area contributed by atoms with Crippen LogP contribution in [-0.4, -0.2) is 19.9 Å². The summed E-state index contributed by atoms with van der Waals surface area (Å²) < 4.78 is 45.8. The Hall–Kier alpha value is -0.810. The molecule has 0 aliphatic rings. The fourth-order valence-corrected chi connectivity index (χ4v) is 1.62. The highest BCUT2D eigenvalue weighted by molar-refractivity contribution is 6.31. The lowest BCUT2D eigenvalue weighted by Crippen LogP contribution is -2.20. The normalized spacial score (nSPS) is 11.4. The van der Waals surface area contributed by atoms with Crippen molar-refractivity contribution < 1.29 is 22.6 Å². The van der Waals surface area contributed by atoms with Crippen molar-refractivity contribution in [3.05, 3.63) is 22.7 Å². The smallest absolute Gasteiger partial charge is 0.422 e. The van der Waals surface area contributed by atoms with Gasteiger partial charge in [0, 0.05) is 16.7 Å². The van der Waals surface area contributed by atoms with E-state index in [-0.39, 0.29) is 17.4 Å². The van der Waals surface area contributed by atoms with Crippen molar-refractivity contribution in [2.75, 3.05) is 13.7 Å². The summed E-state index contributed by atoms with van der Waals surface area (Å²) in [5, 5.41) is 0.317. The third kappa shape index (κ3) is 4.16. The number of methoxy groups -OCH3 is 1. The van der Waals surface area contributed by atoms with Crippen LogP contribution in [0.25, 0.3) is 0 Å². The van der Waals surface area contributed by atoms with E-state index in [1.807, 2.05) is 0 Å². The van der Waals surface area contributed by atoms with E-state index in [0.717, 1.165) is 0 Å². The fraction of sp³-hybridized carbons (Fsp3) is 0.400. The molecule has 0 fully saturated rings. The van der Waals surface area contributed by atoms with E-state index in [1.165, 1.54) is 19.2 Å². The summed E-state index contributed by atoms with van der Waals surface area (Å²) in [6.07, 6.45) is -4.42. The van der Waals surface area contributed by atoms with Crippen LogP contribution >= 0.6 is 23.2 Å². The molecule has 1 aromatic rings. The van der Waals surface area contributed by atoms with E-state index in [0.29, 0.717) is 10.6 Å². The minimum Gasteiger partial charge on any atom is -0.493 e. The molecule has 0 atom stereocenters. The van der Waals surface area contributed by atoms with E-state index in [1.54, 1.807) is 0 Å². The van der Waals surface area contributed by atoms with Gasteiger partial charge in [0.2, 0.25) is 0 Å². The maximum atomic E-state index is 12.1. The van der Waals surface area contributed by atoms with Gasteiger partial charge in [-0.25, -0.2) is 0 Å². The number of hydrogen-bond donors (Lipinski definition) is 0. The molecule has 0 aromatic heterocycles. The molecule has 1 rings (SSSR count). The average Bonchev–Trinajstić information content (AvgIpc) is 2.24. The molecule has 0 aliphatic heterocycles. The highest BCUT2D eigenvalue weighted by atomic mass is 35.5. The van der Waals surface area contributed by atoms with Gasteiger partial charge in [-0.2, -0.15) is 13.2 Å². The van der Waals surface area contributed by atoms with Crippen LogP contribution in [0.1, 0.15) is 5.56 Å². The minimum absolute atomic E-state index is 0.0237. The van der Waals surface area contributed by atoms with Gasteiger partial charge in [0.25, 0.3) is 0 Å². The average molecular weight is 289 g/mol. The zero-order chi connectivity index (χ0) is 13.1. The van der Waals surface area contributed by atoms with Gasteiger partial charge in [-0.3, -0.25) is 0 Å². The Morgan fingerprint density at radius 3 is 2.41 bits per heavy atom. The summed E-state index contributed by atoms with van der Waals surface area (Å²) in [6, 6.07) is 2.80. The van der Waals surface area contributed by atoms with Crippen LogP contribution in [0.5, 0.6) is 11.5 Å². The third-order valence-corrected chi connectivity index (χ3v) is 2.35. The summed E-state index contributed by atoms with van der Waals surface area (Å²) in [6.45, 7) is -1.41. The predicted octanol–water partition coefficient (Wildman–Crippen LogP) is 4.03. The molecule has 0 unspecified atom stereocenters. The predicted molar refractivity (Wildman–Crippen MR) is 59.1 cm³/mol. The van der Waals surface area contributed by atoms with Crippen molar-refractivity contribution in [1.29, 1.82) is 0 Å². The number of hydrogen-bond acceptors (Lipinski definition) is 2. The molecule has 0 saturated carbocycles. The maximum Gasteiger partial charge on any atom is 0.422 e. The Morgan fingerprint density at radius 1 is 1.29 bits per heavy atom. The molecule has 0 N–H and O–H groups in total. The lowest BCUT2D eigenvalue weighted by Gasteiger charge is -2.15. The molecule has 0 spiro atoms. The van der Waals surface area contributed by atoms with Gasteiger partial charge in [-0.05, 0) is 6.07 Å². The molecular weight excluding hydrogens is 280 g/mol. The monoisotopic (exact) mass is 288 g/mol. The van der Waals surface area contributed by atoms with Crippen LogP contribution in [0.4, 0.5) is 13.2 Å². The molecule has 0 bridgehead atoms. The molecule has 0 amide bonds. The fourth-order valence-electron chi connectivity index (χ4n) is 1.19. The van der Waals surface area contributed by atoms with Gasteiger partial charge in [0.15, 0.2) is 18.1 Å². The molecule has 7 heteroatoms. The van der Waals surface area contributed by atoms with Gasteiger partial charge >= 0.3 is 6.18 Å². The summed E-state index contributed by atoms with van der Waals surface area (Å²) in [5.74, 6) is 0.0611. The quantitative estimate of drug-likeness (QED) is 0.779. The maximum absolute atomic E-state index is 12.1. The van der Waals surface area contributed by atoms with E-state index >= 15 is 0 Å². The van der Waals surface area contributed by atoms with Crippen molar-refractivity contribution in [1.82, 2.24) is 0 Å². The second kappa shape index (κ2) is 5.69. The first-order valence-electron chi connectivity index (χ1n) is 4.49. The molecule has 0 radical (unpaired) electrons. The Bertz CT molecular complexity index is 369. The summed E-state index contributed by atoms with van der Waals surface area (Å²) >= 11 is 11.4. The number of rotatable bonds is 4. The molecule has 2 nitrogen and oxygen atoms in total. The van der Waals surface area contributed by atoms with E-state index in [2.05, 4.69) is 4.74 Å². The van der Waals surface area contributed by atoms with Gasteiger partial charge in [-0.1, -0.05) is 11.6 Å². The topological polar surface area (TPSA) is 18.5 Å². The number of halogens is 5. The Morgan fingerprint density at radius 2 is 1.94 bits per heavy atom. The molecule has 96 valence electrons. The highest BCUT2D eigenvalue weighted by Gasteiger charge is 2.29. The Kier molecular flexibility index (Phi) is 4.77. The van der Waals surface area contributed by atoms with Crippen LogP contribution in [0.3, 0.4) is 0 Å². The SMILES string of the molecule is COc1cc(Cl)cc(CCl)c1OCC(F)(F)F. The molecule has 0 aliphatic carbocycles. The number of ether oxygens (including phenoxy) is 2. The first-order chi connectivity index (χ1) is 7.87. The lowest BCUT2D eigenvalue weighted by molar-refractivity contribution is -0.153. The van der Waals surface area contributed by atoms with Crippen LogP contribution in [0, 0.1) is 0 Å². The van der Waals surface area contributed by atoms with Crippen LogP contribution in [0.2, 0.25) is 5.02 Å². The van der Waals surface area contributed by atoms with Crippen LogP contribution in [-0.2, 0) is 5.88 Å². The van der Waals surface area contributed by atoms with Crippen molar-refractivity contribution in [2.24, 2.45) is 0 Å². The Labute approximate surface area is 106 Å². The molecule has 17 heavy (non-hydrogen) atoms. The second-order valence-corrected chi connectivity index (χ2v) is 3.84. The molecular formula is C10H9Cl2F3O2. The second-order valence-electron chi connectivity index (χ2n) is 3.13. The molecule has 0 heterocycles. The highest BCUT2D eigenvalue weighted by Crippen LogP contribution is 2.36. The standard InChI is InChI=1S/C10H9Cl2F3O2/c1-16-8-3-7(12)2-6(4-11)9(8)17-5-10(13,14)15/h2-3H,4-5H2,1H3. The third-order valence-electron chi connectivity index (χ3n) is 1.84. The lowest BCUT2D eigenvalue weighted by atomic mass is 10.2. The zero-order valence-corrected chi connectivity index (χ0v) is 10.3. The van der Waals surface area contributed by atoms with Crippen LogP contribution < -0.4 is 9.47 Å². The Balaban J connectivity index is 3.03. The largest absolute Gasteiger partial charge is 0.493 e. The first kappa shape index (κ1) is 14.3. The van der Waals surface area contributed by atoms with Gasteiger partial charge < -0.3 is 9.47 Å². The minimum atomic E-state index is -4.42. The van der Waals surface area contributed by atoms with Crippen molar-refractivity contribution in [2.45, 2.75) is 12.1 Å². The number of alkyl halides is 4. The van der Waals surface area contributed by atoms with E-state index < -0.39 is 12.8 Å². The number of benzene rings is 1. The van der Waals surface area contributed by atoms with Crippen molar-refractivity contribution >= 4 is 23.2 Å². The van der Waals surface area contributed by atoms with Gasteiger partial charge in [0.1, 0.15) is 0 Å². The summed E-state index contributed by atoms with van der Waals surface area (Å²) in [5.41, 5.74) is 0.347. The van der Waals surface area contributed by atoms with E-state index in [4.69, 9.17) is 27.9 Å². The summed E-state index contributed by atoms with van der Waals surface area (Å²) in [7, 11) is 1.31. The molecule has 0 saturated heterocycles. The van der Waals surface area contributed by atoms with E-state index in [9.17, 15) is 13.2 Å².